The Hall–Kier alpha value is -3.55. The quantitative estimate of drug-likeness (QED) is 0.284. The molecule has 4 aromatic rings. The van der Waals surface area contributed by atoms with Crippen molar-refractivity contribution in [2.75, 3.05) is 11.4 Å². The molecule has 0 saturated carbocycles. The van der Waals surface area contributed by atoms with Crippen molar-refractivity contribution < 1.29 is 13.3 Å². The molecular weight excluding hydrogens is 514 g/mol. The van der Waals surface area contributed by atoms with E-state index in [1.165, 1.54) is 17.5 Å². The molecular formula is C24H25N7O4S2. The lowest BCUT2D eigenvalue weighted by molar-refractivity contribution is -0.385. The number of aromatic nitrogens is 4. The highest BCUT2D eigenvalue weighted by Crippen LogP contribution is 2.35. The summed E-state index contributed by atoms with van der Waals surface area (Å²) in [4.78, 5) is 30.3. The molecule has 1 N–H and O–H groups in total. The van der Waals surface area contributed by atoms with Gasteiger partial charge in [-0.25, -0.2) is 23.4 Å². The Kier molecular flexibility index (Phi) is 6.38. The largest absolute Gasteiger partial charge is 0.343 e. The van der Waals surface area contributed by atoms with E-state index in [-0.39, 0.29) is 10.6 Å². The molecule has 1 unspecified atom stereocenters. The van der Waals surface area contributed by atoms with Crippen LogP contribution in [0.15, 0.2) is 53.8 Å². The number of hydrogen-bond acceptors (Lipinski definition) is 10. The predicted octanol–water partition coefficient (Wildman–Crippen LogP) is 4.02. The Bertz CT molecular complexity index is 1580. The molecule has 0 radical (unpaired) electrons. The standard InChI is InChI=1S/C24H25N7O4S2/c1-24(2,3)21(22-25-8-4-9-26-22)29-37(34,35)17-5-6-20-19(12-17)28-23(36-20)30-10-7-18-15(14-30)11-16(13-27-18)31(32)33/h4-6,8-9,11-13,21,29H,7,10,14H2,1-3H3. The first-order valence-corrected chi connectivity index (χ1v) is 13.9. The van der Waals surface area contributed by atoms with Gasteiger partial charge in [0.15, 0.2) is 5.13 Å². The molecule has 0 aliphatic carbocycles. The third-order valence-corrected chi connectivity index (χ3v) is 8.67. The third-order valence-electron chi connectivity index (χ3n) is 6.15. The summed E-state index contributed by atoms with van der Waals surface area (Å²) in [6.07, 6.45) is 5.11. The average Bonchev–Trinajstić information content (AvgIpc) is 3.30. The van der Waals surface area contributed by atoms with Gasteiger partial charge in [0.25, 0.3) is 5.69 Å². The first-order valence-electron chi connectivity index (χ1n) is 11.6. The Morgan fingerprint density at radius 3 is 2.62 bits per heavy atom. The second-order valence-corrected chi connectivity index (χ2v) is 12.6. The fourth-order valence-electron chi connectivity index (χ4n) is 4.17. The van der Waals surface area contributed by atoms with E-state index >= 15 is 0 Å². The second kappa shape index (κ2) is 9.39. The Balaban J connectivity index is 1.42. The van der Waals surface area contributed by atoms with Crippen LogP contribution in [-0.2, 0) is 23.0 Å². The van der Waals surface area contributed by atoms with Gasteiger partial charge in [-0.15, -0.1) is 0 Å². The van der Waals surface area contributed by atoms with Crippen molar-refractivity contribution in [2.45, 2.75) is 44.7 Å². The minimum atomic E-state index is -3.90. The van der Waals surface area contributed by atoms with E-state index in [0.29, 0.717) is 30.9 Å². The summed E-state index contributed by atoms with van der Waals surface area (Å²) >= 11 is 1.45. The highest BCUT2D eigenvalue weighted by molar-refractivity contribution is 7.89. The summed E-state index contributed by atoms with van der Waals surface area (Å²) in [6, 6.07) is 7.49. The van der Waals surface area contributed by atoms with Crippen molar-refractivity contribution in [1.82, 2.24) is 24.7 Å². The zero-order chi connectivity index (χ0) is 26.4. The normalized spacial score (nSPS) is 14.9. The number of anilines is 1. The molecule has 0 spiro atoms. The second-order valence-electron chi connectivity index (χ2n) is 9.88. The number of benzene rings is 1. The van der Waals surface area contributed by atoms with Crippen LogP contribution in [-0.4, -0.2) is 39.8 Å². The first kappa shape index (κ1) is 25.1. The number of pyridine rings is 1. The Morgan fingerprint density at radius 2 is 1.92 bits per heavy atom. The van der Waals surface area contributed by atoms with Crippen LogP contribution in [0.3, 0.4) is 0 Å². The van der Waals surface area contributed by atoms with Crippen LogP contribution >= 0.6 is 11.3 Å². The number of hydrogen-bond donors (Lipinski definition) is 1. The summed E-state index contributed by atoms with van der Waals surface area (Å²) in [5.41, 5.74) is 1.69. The van der Waals surface area contributed by atoms with Gasteiger partial charge in [-0.3, -0.25) is 15.1 Å². The van der Waals surface area contributed by atoms with Crippen LogP contribution in [0.25, 0.3) is 10.2 Å². The van der Waals surface area contributed by atoms with Crippen LogP contribution < -0.4 is 9.62 Å². The molecule has 0 bridgehead atoms. The van der Waals surface area contributed by atoms with Gasteiger partial charge < -0.3 is 4.90 Å². The SMILES string of the molecule is CC(C)(C)C(NS(=O)(=O)c1ccc2sc(N3CCc4ncc([N+](=O)[O-])cc4C3)nc2c1)c1ncccn1. The van der Waals surface area contributed by atoms with Crippen LogP contribution in [0.2, 0.25) is 0 Å². The van der Waals surface area contributed by atoms with E-state index in [4.69, 9.17) is 4.98 Å². The summed E-state index contributed by atoms with van der Waals surface area (Å²) in [5, 5.41) is 11.9. The molecule has 1 aromatic carbocycles. The maximum absolute atomic E-state index is 13.4. The summed E-state index contributed by atoms with van der Waals surface area (Å²) < 4.78 is 30.4. The molecule has 0 fully saturated rings. The minimum Gasteiger partial charge on any atom is -0.343 e. The third kappa shape index (κ3) is 5.15. The number of nitro groups is 1. The number of rotatable bonds is 6. The maximum atomic E-state index is 13.4. The molecule has 5 rings (SSSR count). The van der Waals surface area contributed by atoms with Gasteiger partial charge in [0, 0.05) is 43.7 Å². The van der Waals surface area contributed by atoms with Crippen LogP contribution in [0.5, 0.6) is 0 Å². The number of sulfonamides is 1. The Labute approximate surface area is 217 Å². The zero-order valence-electron chi connectivity index (χ0n) is 20.5. The molecule has 37 heavy (non-hydrogen) atoms. The van der Waals surface area contributed by atoms with Gasteiger partial charge in [0.05, 0.1) is 26.1 Å². The number of fused-ring (bicyclic) bond motifs is 2. The Morgan fingerprint density at radius 1 is 1.16 bits per heavy atom. The van der Waals surface area contributed by atoms with E-state index in [1.54, 1.807) is 42.7 Å². The van der Waals surface area contributed by atoms with Crippen molar-refractivity contribution in [2.24, 2.45) is 5.41 Å². The summed E-state index contributed by atoms with van der Waals surface area (Å²) in [7, 11) is -3.90. The van der Waals surface area contributed by atoms with E-state index in [9.17, 15) is 18.5 Å². The fraction of sp³-hybridized carbons (Fsp3) is 0.333. The molecule has 1 aliphatic heterocycles. The van der Waals surface area contributed by atoms with Crippen molar-refractivity contribution in [1.29, 1.82) is 0 Å². The highest BCUT2D eigenvalue weighted by Gasteiger charge is 2.33. The molecule has 4 heterocycles. The average molecular weight is 540 g/mol. The molecule has 13 heteroatoms. The molecule has 11 nitrogen and oxygen atoms in total. The number of nitrogens with one attached hydrogen (secondary N) is 1. The van der Waals surface area contributed by atoms with Gasteiger partial charge in [0.1, 0.15) is 12.0 Å². The van der Waals surface area contributed by atoms with Crippen molar-refractivity contribution in [3.8, 4) is 0 Å². The summed E-state index contributed by atoms with van der Waals surface area (Å²) in [5.74, 6) is 0.399. The van der Waals surface area contributed by atoms with Crippen molar-refractivity contribution in [3.63, 3.8) is 0 Å². The lowest BCUT2D eigenvalue weighted by Crippen LogP contribution is -2.37. The predicted molar refractivity (Wildman–Crippen MR) is 140 cm³/mol. The smallest absolute Gasteiger partial charge is 0.287 e. The van der Waals surface area contributed by atoms with E-state index in [1.807, 2.05) is 25.7 Å². The molecule has 192 valence electrons. The van der Waals surface area contributed by atoms with E-state index < -0.39 is 26.4 Å². The topological polar surface area (TPSA) is 144 Å². The number of nitrogens with zero attached hydrogens (tertiary/aromatic N) is 6. The lowest BCUT2D eigenvalue weighted by atomic mass is 9.87. The highest BCUT2D eigenvalue weighted by atomic mass is 32.2. The van der Waals surface area contributed by atoms with Gasteiger partial charge in [-0.2, -0.15) is 4.72 Å². The van der Waals surface area contributed by atoms with Gasteiger partial charge >= 0.3 is 0 Å². The first-order chi connectivity index (χ1) is 17.5. The monoisotopic (exact) mass is 539 g/mol. The molecule has 1 atom stereocenters. The van der Waals surface area contributed by atoms with Crippen LogP contribution in [0, 0.1) is 15.5 Å². The van der Waals surface area contributed by atoms with Crippen LogP contribution in [0.1, 0.15) is 43.9 Å². The lowest BCUT2D eigenvalue weighted by Gasteiger charge is -2.29. The van der Waals surface area contributed by atoms with Gasteiger partial charge in [-0.05, 0) is 35.2 Å². The van der Waals surface area contributed by atoms with Gasteiger partial charge in [-0.1, -0.05) is 32.1 Å². The summed E-state index contributed by atoms with van der Waals surface area (Å²) in [6.45, 7) is 6.88. The maximum Gasteiger partial charge on any atom is 0.287 e. The van der Waals surface area contributed by atoms with Crippen LogP contribution in [0.4, 0.5) is 10.8 Å². The van der Waals surface area contributed by atoms with Crippen molar-refractivity contribution >= 4 is 42.4 Å². The van der Waals surface area contributed by atoms with E-state index in [0.717, 1.165) is 21.1 Å². The van der Waals surface area contributed by atoms with Gasteiger partial charge in [0.2, 0.25) is 10.0 Å². The molecule has 0 amide bonds. The molecule has 1 aliphatic rings. The number of thiazole rings is 1. The van der Waals surface area contributed by atoms with E-state index in [2.05, 4.69) is 19.7 Å². The molecule has 3 aromatic heterocycles. The fourth-order valence-corrected chi connectivity index (χ4v) is 6.56. The minimum absolute atomic E-state index is 0.0401. The molecule has 0 saturated heterocycles. The van der Waals surface area contributed by atoms with Crippen molar-refractivity contribution in [3.05, 3.63) is 76.1 Å². The zero-order valence-corrected chi connectivity index (χ0v) is 22.1.